The lowest BCUT2D eigenvalue weighted by Crippen LogP contribution is -2.49. The summed E-state index contributed by atoms with van der Waals surface area (Å²) in [7, 11) is 1.60. The molecule has 2 aliphatic heterocycles. The van der Waals surface area contributed by atoms with Crippen LogP contribution in [0, 0.1) is 6.92 Å². The summed E-state index contributed by atoms with van der Waals surface area (Å²) < 4.78 is 11.2. The first-order valence-corrected chi connectivity index (χ1v) is 11.3. The van der Waals surface area contributed by atoms with Crippen molar-refractivity contribution < 1.29 is 13.9 Å². The third-order valence-electron chi connectivity index (χ3n) is 6.30. The minimum atomic E-state index is -0.0953. The van der Waals surface area contributed by atoms with Crippen molar-refractivity contribution >= 4 is 28.6 Å². The summed E-state index contributed by atoms with van der Waals surface area (Å²) in [6.45, 7) is 6.72. The number of anilines is 2. The van der Waals surface area contributed by atoms with Crippen LogP contribution < -0.4 is 14.5 Å². The normalized spacial score (nSPS) is 17.1. The number of hydrogen-bond acceptors (Lipinski definition) is 7. The molecule has 1 amide bonds. The van der Waals surface area contributed by atoms with Gasteiger partial charge in [0, 0.05) is 56.4 Å². The number of methoxy groups -OCH3 is 1. The van der Waals surface area contributed by atoms with E-state index in [4.69, 9.17) is 14.1 Å². The summed E-state index contributed by atoms with van der Waals surface area (Å²) in [4.78, 5) is 29.0. The van der Waals surface area contributed by atoms with E-state index in [1.807, 2.05) is 30.0 Å². The van der Waals surface area contributed by atoms with Crippen LogP contribution in [-0.4, -0.2) is 67.2 Å². The standard InChI is InChI=1S/C24H29N5O3/c1-17-15-21(27-9-4-3-5-10-27)26-24(25-17)29-13-11-28(12-14-29)23(30)20-16-18-7-6-8-19(31-2)22(18)32-20/h6-8,15-16H,3-5,9-14H2,1-2H3. The molecular weight excluding hydrogens is 406 g/mol. The molecule has 2 aromatic heterocycles. The molecule has 1 aromatic carbocycles. The molecule has 0 atom stereocenters. The van der Waals surface area contributed by atoms with Gasteiger partial charge in [0.15, 0.2) is 17.1 Å². The SMILES string of the molecule is COc1cccc2cc(C(=O)N3CCN(c4nc(C)cc(N5CCCCC5)n4)CC3)oc12. The van der Waals surface area contributed by atoms with Crippen molar-refractivity contribution in [3.8, 4) is 5.75 Å². The van der Waals surface area contributed by atoms with Crippen molar-refractivity contribution in [3.63, 3.8) is 0 Å². The molecule has 3 aromatic rings. The van der Waals surface area contributed by atoms with Crippen LogP contribution in [0.5, 0.6) is 5.75 Å². The topological polar surface area (TPSA) is 74.9 Å². The van der Waals surface area contributed by atoms with E-state index in [0.29, 0.717) is 43.3 Å². The van der Waals surface area contributed by atoms with E-state index in [2.05, 4.69) is 20.9 Å². The molecule has 32 heavy (non-hydrogen) atoms. The second kappa shape index (κ2) is 8.68. The predicted octanol–water partition coefficient (Wildman–Crippen LogP) is 3.49. The first-order valence-electron chi connectivity index (χ1n) is 11.3. The first kappa shape index (κ1) is 20.6. The molecule has 0 aliphatic carbocycles. The Morgan fingerprint density at radius 2 is 1.75 bits per heavy atom. The van der Waals surface area contributed by atoms with Crippen LogP contribution in [0.25, 0.3) is 11.0 Å². The highest BCUT2D eigenvalue weighted by Crippen LogP contribution is 2.29. The molecule has 4 heterocycles. The number of aromatic nitrogens is 2. The number of amides is 1. The van der Waals surface area contributed by atoms with E-state index >= 15 is 0 Å². The average Bonchev–Trinajstić information content (AvgIpc) is 3.28. The van der Waals surface area contributed by atoms with E-state index in [0.717, 1.165) is 35.9 Å². The Bertz CT molecular complexity index is 1110. The highest BCUT2D eigenvalue weighted by atomic mass is 16.5. The Morgan fingerprint density at radius 1 is 0.969 bits per heavy atom. The lowest BCUT2D eigenvalue weighted by molar-refractivity contribution is 0.0716. The molecule has 2 fully saturated rings. The van der Waals surface area contributed by atoms with Crippen LogP contribution in [0.1, 0.15) is 35.5 Å². The van der Waals surface area contributed by atoms with E-state index in [1.54, 1.807) is 13.2 Å². The van der Waals surface area contributed by atoms with E-state index < -0.39 is 0 Å². The highest BCUT2D eigenvalue weighted by Gasteiger charge is 2.27. The van der Waals surface area contributed by atoms with Crippen LogP contribution in [0.15, 0.2) is 34.7 Å². The monoisotopic (exact) mass is 435 g/mol. The Balaban J connectivity index is 1.28. The number of para-hydroxylation sites is 1. The number of hydrogen-bond donors (Lipinski definition) is 0. The van der Waals surface area contributed by atoms with Gasteiger partial charge in [0.2, 0.25) is 5.95 Å². The number of carbonyl (C=O) groups is 1. The molecule has 0 saturated carbocycles. The Hall–Kier alpha value is -3.29. The molecule has 168 valence electrons. The lowest BCUT2D eigenvalue weighted by Gasteiger charge is -2.35. The van der Waals surface area contributed by atoms with Gasteiger partial charge >= 0.3 is 0 Å². The lowest BCUT2D eigenvalue weighted by atomic mass is 10.1. The molecule has 8 heteroatoms. The van der Waals surface area contributed by atoms with Crippen LogP contribution in [0.2, 0.25) is 0 Å². The maximum atomic E-state index is 13.1. The minimum Gasteiger partial charge on any atom is -0.493 e. The molecular formula is C24H29N5O3. The van der Waals surface area contributed by atoms with Gasteiger partial charge in [0.05, 0.1) is 7.11 Å². The summed E-state index contributed by atoms with van der Waals surface area (Å²) in [6, 6.07) is 9.51. The van der Waals surface area contributed by atoms with Crippen molar-refractivity contribution in [2.24, 2.45) is 0 Å². The summed E-state index contributed by atoms with van der Waals surface area (Å²) in [5.41, 5.74) is 1.58. The van der Waals surface area contributed by atoms with Gasteiger partial charge in [-0.2, -0.15) is 4.98 Å². The Kier molecular flexibility index (Phi) is 5.59. The highest BCUT2D eigenvalue weighted by molar-refractivity contribution is 5.97. The zero-order valence-electron chi connectivity index (χ0n) is 18.7. The smallest absolute Gasteiger partial charge is 0.289 e. The second-order valence-corrected chi connectivity index (χ2v) is 8.48. The predicted molar refractivity (Wildman–Crippen MR) is 124 cm³/mol. The van der Waals surface area contributed by atoms with Crippen molar-refractivity contribution in [1.82, 2.24) is 14.9 Å². The van der Waals surface area contributed by atoms with Gasteiger partial charge in [0.25, 0.3) is 5.91 Å². The quantitative estimate of drug-likeness (QED) is 0.621. The molecule has 0 unspecified atom stereocenters. The van der Waals surface area contributed by atoms with E-state index in [9.17, 15) is 4.79 Å². The van der Waals surface area contributed by atoms with Crippen LogP contribution in [0.4, 0.5) is 11.8 Å². The summed E-state index contributed by atoms with van der Waals surface area (Å²) in [5, 5.41) is 0.865. The van der Waals surface area contributed by atoms with Crippen LogP contribution in [-0.2, 0) is 0 Å². The van der Waals surface area contributed by atoms with Gasteiger partial charge in [-0.1, -0.05) is 12.1 Å². The fraction of sp³-hybridized carbons (Fsp3) is 0.458. The summed E-state index contributed by atoms with van der Waals surface area (Å²) in [6.07, 6.45) is 3.72. The minimum absolute atomic E-state index is 0.0953. The third-order valence-corrected chi connectivity index (χ3v) is 6.30. The fourth-order valence-electron chi connectivity index (χ4n) is 4.53. The molecule has 5 rings (SSSR count). The number of rotatable bonds is 4. The number of ether oxygens (including phenoxy) is 1. The molecule has 2 aliphatic rings. The Morgan fingerprint density at radius 3 is 2.50 bits per heavy atom. The number of piperazine rings is 1. The van der Waals surface area contributed by atoms with Gasteiger partial charge in [-0.25, -0.2) is 4.98 Å². The molecule has 0 bridgehead atoms. The van der Waals surface area contributed by atoms with Crippen molar-refractivity contribution in [1.29, 1.82) is 0 Å². The van der Waals surface area contributed by atoms with Gasteiger partial charge < -0.3 is 23.9 Å². The maximum Gasteiger partial charge on any atom is 0.289 e. The zero-order chi connectivity index (χ0) is 22.1. The van der Waals surface area contributed by atoms with Crippen molar-refractivity contribution in [2.45, 2.75) is 26.2 Å². The van der Waals surface area contributed by atoms with Crippen molar-refractivity contribution in [3.05, 3.63) is 41.8 Å². The van der Waals surface area contributed by atoms with E-state index in [-0.39, 0.29) is 5.91 Å². The molecule has 8 nitrogen and oxygen atoms in total. The molecule has 0 spiro atoms. The number of aryl methyl sites for hydroxylation is 1. The van der Waals surface area contributed by atoms with Crippen molar-refractivity contribution in [2.75, 3.05) is 56.2 Å². The maximum absolute atomic E-state index is 13.1. The van der Waals surface area contributed by atoms with E-state index in [1.165, 1.54) is 19.3 Å². The van der Waals surface area contributed by atoms with Crippen LogP contribution in [0.3, 0.4) is 0 Å². The molecule has 0 N–H and O–H groups in total. The second-order valence-electron chi connectivity index (χ2n) is 8.48. The average molecular weight is 436 g/mol. The fourth-order valence-corrected chi connectivity index (χ4v) is 4.53. The number of benzene rings is 1. The number of carbonyl (C=O) groups excluding carboxylic acids is 1. The van der Waals surface area contributed by atoms with Gasteiger partial charge in [-0.15, -0.1) is 0 Å². The first-order chi connectivity index (χ1) is 15.6. The van der Waals surface area contributed by atoms with Gasteiger partial charge in [0.1, 0.15) is 5.82 Å². The van der Waals surface area contributed by atoms with Gasteiger partial charge in [-0.05, 0) is 38.3 Å². The molecule has 2 saturated heterocycles. The third kappa shape index (κ3) is 3.97. The number of fused-ring (bicyclic) bond motifs is 1. The van der Waals surface area contributed by atoms with Gasteiger partial charge in [-0.3, -0.25) is 4.79 Å². The summed E-state index contributed by atoms with van der Waals surface area (Å²) in [5.74, 6) is 2.65. The zero-order valence-corrected chi connectivity index (χ0v) is 18.7. The number of furan rings is 1. The largest absolute Gasteiger partial charge is 0.493 e. The number of nitrogens with zero attached hydrogens (tertiary/aromatic N) is 5. The van der Waals surface area contributed by atoms with Crippen LogP contribution >= 0.6 is 0 Å². The summed E-state index contributed by atoms with van der Waals surface area (Å²) >= 11 is 0. The number of piperidine rings is 1. The Labute approximate surface area is 187 Å². The molecule has 0 radical (unpaired) electrons.